The summed E-state index contributed by atoms with van der Waals surface area (Å²) in [6, 6.07) is 1.05. The zero-order valence-electron chi connectivity index (χ0n) is 19.0. The first kappa shape index (κ1) is 21.9. The molecule has 1 aromatic heterocycles. The summed E-state index contributed by atoms with van der Waals surface area (Å²) in [5.74, 6) is 2.21. The van der Waals surface area contributed by atoms with Gasteiger partial charge in [0.25, 0.3) is 0 Å². The lowest BCUT2D eigenvalue weighted by Gasteiger charge is -2.35. The summed E-state index contributed by atoms with van der Waals surface area (Å²) in [6.45, 7) is 11.0. The number of aromatic nitrogens is 3. The molecule has 6 nitrogen and oxygen atoms in total. The zero-order chi connectivity index (χ0) is 21.3. The Morgan fingerprint density at radius 1 is 1.07 bits per heavy atom. The summed E-state index contributed by atoms with van der Waals surface area (Å²) in [5, 5.41) is 9.66. The summed E-state index contributed by atoms with van der Waals surface area (Å²) in [5.41, 5.74) is 2.00. The number of hydrogen-bond donors (Lipinski definition) is 0. The summed E-state index contributed by atoms with van der Waals surface area (Å²) in [7, 11) is 0. The van der Waals surface area contributed by atoms with Crippen LogP contribution in [0.25, 0.3) is 0 Å². The third-order valence-corrected chi connectivity index (χ3v) is 7.64. The van der Waals surface area contributed by atoms with Gasteiger partial charge in [0.05, 0.1) is 11.8 Å². The van der Waals surface area contributed by atoms with E-state index in [0.717, 1.165) is 61.8 Å². The average Bonchev–Trinajstić information content (AvgIpc) is 3.30. The van der Waals surface area contributed by atoms with Crippen molar-refractivity contribution in [3.63, 3.8) is 0 Å². The second kappa shape index (κ2) is 9.47. The summed E-state index contributed by atoms with van der Waals surface area (Å²) < 4.78 is 0. The van der Waals surface area contributed by atoms with Crippen molar-refractivity contribution in [2.45, 2.75) is 102 Å². The van der Waals surface area contributed by atoms with Crippen LogP contribution in [-0.2, 0) is 0 Å². The lowest BCUT2D eigenvalue weighted by molar-refractivity contribution is 0.165. The maximum Gasteiger partial charge on any atom is 0.203 e. The molecule has 2 fully saturated rings. The largest absolute Gasteiger partial charge is 0.301 e. The van der Waals surface area contributed by atoms with Crippen LogP contribution >= 0.6 is 11.6 Å². The molecule has 0 N–H and O–H groups in total. The minimum atomic E-state index is 0.135. The Morgan fingerprint density at radius 2 is 1.77 bits per heavy atom. The standard InChI is InChI=1S/C23H37ClN6/c1-5-29(6-2)17-13-11-16(12-14-17)25-21-20(18-9-7-8-10-19(18)24)27-30-23(21)26-22(28-30)15(3)4/h15-19H,5-14H2,1-4H3. The highest BCUT2D eigenvalue weighted by Crippen LogP contribution is 2.34. The van der Waals surface area contributed by atoms with Crippen molar-refractivity contribution in [3.8, 4) is 0 Å². The van der Waals surface area contributed by atoms with Crippen molar-refractivity contribution in [3.05, 3.63) is 11.6 Å². The van der Waals surface area contributed by atoms with E-state index in [0.29, 0.717) is 12.1 Å². The summed E-state index contributed by atoms with van der Waals surface area (Å²) in [4.78, 5) is 14.4. The van der Waals surface area contributed by atoms with Crippen LogP contribution < -0.4 is 0 Å². The number of rotatable bonds is 6. The molecular formula is C23H37ClN6. The van der Waals surface area contributed by atoms with Crippen LogP contribution in [0.2, 0.25) is 0 Å². The predicted octanol–water partition coefficient (Wildman–Crippen LogP) is 4.86. The van der Waals surface area contributed by atoms with Crippen LogP contribution in [0.4, 0.5) is 0 Å². The maximum absolute atomic E-state index is 6.76. The van der Waals surface area contributed by atoms with E-state index < -0.39 is 0 Å². The molecule has 2 saturated carbocycles. The van der Waals surface area contributed by atoms with E-state index in [4.69, 9.17) is 26.7 Å². The van der Waals surface area contributed by atoms with Crippen LogP contribution in [0.3, 0.4) is 0 Å². The molecule has 3 aliphatic rings. The first-order chi connectivity index (χ1) is 14.5. The average molecular weight is 433 g/mol. The highest BCUT2D eigenvalue weighted by molar-refractivity contribution is 6.50. The van der Waals surface area contributed by atoms with Crippen LogP contribution in [0, 0.1) is 5.92 Å². The van der Waals surface area contributed by atoms with Gasteiger partial charge < -0.3 is 4.90 Å². The monoisotopic (exact) mass is 432 g/mol. The topological polar surface area (TPSA) is 58.7 Å². The predicted molar refractivity (Wildman–Crippen MR) is 124 cm³/mol. The molecule has 1 aliphatic heterocycles. The number of aliphatic imine (C=N–C) groups is 1. The number of alkyl halides is 1. The van der Waals surface area contributed by atoms with E-state index in [2.05, 4.69) is 37.7 Å². The third-order valence-electron chi connectivity index (χ3n) is 7.12. The Hall–Kier alpha value is -1.27. The van der Waals surface area contributed by atoms with E-state index in [-0.39, 0.29) is 17.2 Å². The van der Waals surface area contributed by atoms with Gasteiger partial charge in [0.2, 0.25) is 5.82 Å². The van der Waals surface area contributed by atoms with Crippen molar-refractivity contribution < 1.29 is 0 Å². The van der Waals surface area contributed by atoms with E-state index >= 15 is 0 Å². The molecule has 4 rings (SSSR count). The number of halogens is 1. The Bertz CT molecular complexity index is 786. The molecule has 2 heterocycles. The van der Waals surface area contributed by atoms with Crippen LogP contribution in [-0.4, -0.2) is 61.7 Å². The van der Waals surface area contributed by atoms with Gasteiger partial charge in [-0.1, -0.05) is 40.5 Å². The molecule has 0 amide bonds. The highest BCUT2D eigenvalue weighted by Gasteiger charge is 2.38. The molecule has 2 unspecified atom stereocenters. The Balaban J connectivity index is 1.58. The molecule has 2 atom stereocenters. The van der Waals surface area contributed by atoms with Crippen molar-refractivity contribution in [1.82, 2.24) is 19.8 Å². The first-order valence-corrected chi connectivity index (χ1v) is 12.5. The van der Waals surface area contributed by atoms with Crippen LogP contribution in [0.15, 0.2) is 10.1 Å². The van der Waals surface area contributed by atoms with Gasteiger partial charge in [-0.2, -0.15) is 5.10 Å². The molecule has 7 heteroatoms. The molecule has 0 bridgehead atoms. The molecule has 0 spiro atoms. The lowest BCUT2D eigenvalue weighted by atomic mass is 9.83. The fraction of sp³-hybridized carbons (Fsp3) is 0.826. The quantitative estimate of drug-likeness (QED) is 0.603. The van der Waals surface area contributed by atoms with Gasteiger partial charge in [0, 0.05) is 23.3 Å². The van der Waals surface area contributed by atoms with Gasteiger partial charge in [-0.15, -0.1) is 21.5 Å². The second-order valence-corrected chi connectivity index (χ2v) is 9.95. The number of hydrogen-bond acceptors (Lipinski definition) is 5. The third kappa shape index (κ3) is 4.36. The number of nitrogens with zero attached hydrogens (tertiary/aromatic N) is 6. The fourth-order valence-electron chi connectivity index (χ4n) is 5.29. The summed E-state index contributed by atoms with van der Waals surface area (Å²) in [6.07, 6.45) is 9.28. The van der Waals surface area contributed by atoms with Gasteiger partial charge in [-0.25, -0.2) is 4.98 Å². The second-order valence-electron chi connectivity index (χ2n) is 9.39. The van der Waals surface area contributed by atoms with Crippen molar-refractivity contribution >= 4 is 23.0 Å². The maximum atomic E-state index is 6.76. The minimum absolute atomic E-state index is 0.135. The van der Waals surface area contributed by atoms with Crippen LogP contribution in [0.5, 0.6) is 0 Å². The van der Waals surface area contributed by atoms with Crippen LogP contribution in [0.1, 0.15) is 96.6 Å². The first-order valence-electron chi connectivity index (χ1n) is 12.0. The van der Waals surface area contributed by atoms with Gasteiger partial charge >= 0.3 is 0 Å². The van der Waals surface area contributed by atoms with Crippen molar-refractivity contribution in [2.75, 3.05) is 13.1 Å². The molecule has 0 radical (unpaired) electrons. The van der Waals surface area contributed by atoms with Gasteiger partial charge in [0.1, 0.15) is 5.71 Å². The molecule has 2 aliphatic carbocycles. The van der Waals surface area contributed by atoms with E-state index in [1.807, 2.05) is 0 Å². The van der Waals surface area contributed by atoms with E-state index in [9.17, 15) is 0 Å². The molecule has 1 aromatic rings. The lowest BCUT2D eigenvalue weighted by Crippen LogP contribution is -2.39. The molecule has 166 valence electrons. The van der Waals surface area contributed by atoms with E-state index in [1.165, 1.54) is 25.7 Å². The molecule has 30 heavy (non-hydrogen) atoms. The minimum Gasteiger partial charge on any atom is -0.301 e. The van der Waals surface area contributed by atoms with Gasteiger partial charge in [-0.05, 0) is 51.6 Å². The fourth-order valence-corrected chi connectivity index (χ4v) is 5.69. The van der Waals surface area contributed by atoms with Gasteiger partial charge in [0.15, 0.2) is 5.82 Å². The zero-order valence-corrected chi connectivity index (χ0v) is 19.8. The normalized spacial score (nSPS) is 30.9. The number of fused-ring (bicyclic) bond motifs is 1. The molecular weight excluding hydrogens is 396 g/mol. The Kier molecular flexibility index (Phi) is 6.93. The smallest absolute Gasteiger partial charge is 0.203 e. The van der Waals surface area contributed by atoms with Gasteiger partial charge in [-0.3, -0.25) is 4.99 Å². The SMILES string of the molecule is CCN(CC)C1CCC(N=C2C(C3CCCCC3Cl)=Nn3nc(C(C)C)nc32)CC1. The Morgan fingerprint density at radius 3 is 2.40 bits per heavy atom. The van der Waals surface area contributed by atoms with Crippen molar-refractivity contribution in [2.24, 2.45) is 16.0 Å². The van der Waals surface area contributed by atoms with E-state index in [1.54, 1.807) is 4.79 Å². The highest BCUT2D eigenvalue weighted by atomic mass is 35.5. The summed E-state index contributed by atoms with van der Waals surface area (Å²) >= 11 is 6.76. The molecule has 0 aromatic carbocycles. The Labute approximate surface area is 186 Å². The van der Waals surface area contributed by atoms with Crippen molar-refractivity contribution in [1.29, 1.82) is 0 Å². The molecule has 0 saturated heterocycles.